The molecule has 3 nitrogen and oxygen atoms in total. The first kappa shape index (κ1) is 24.4. The number of hydrogen-bond donors (Lipinski definition) is 0. The number of hydrogen-bond acceptors (Lipinski definition) is 3. The first-order chi connectivity index (χ1) is 15.5. The van der Waals surface area contributed by atoms with Gasteiger partial charge in [0.25, 0.3) is 6.43 Å². The summed E-state index contributed by atoms with van der Waals surface area (Å²) in [5.41, 5.74) is -0.351. The van der Waals surface area contributed by atoms with Gasteiger partial charge in [-0.1, -0.05) is 45.4 Å². The lowest BCUT2D eigenvalue weighted by Crippen LogP contribution is -2.15. The van der Waals surface area contributed by atoms with E-state index in [1.165, 1.54) is 63.3 Å². The van der Waals surface area contributed by atoms with Crippen LogP contribution in [0.3, 0.4) is 0 Å². The Hall–Kier alpha value is -2.24. The Morgan fingerprint density at radius 2 is 1.69 bits per heavy atom. The van der Waals surface area contributed by atoms with Crippen molar-refractivity contribution in [3.8, 4) is 22.8 Å². The molecule has 0 spiro atoms. The zero-order valence-electron chi connectivity index (χ0n) is 19.1. The van der Waals surface area contributed by atoms with Gasteiger partial charge < -0.3 is 9.47 Å². The average molecular weight is 450 g/mol. The summed E-state index contributed by atoms with van der Waals surface area (Å²) in [7, 11) is 0. The highest BCUT2D eigenvalue weighted by molar-refractivity contribution is 5.66. The molecule has 0 atom stereocenters. The summed E-state index contributed by atoms with van der Waals surface area (Å²) >= 11 is 0. The van der Waals surface area contributed by atoms with Crippen molar-refractivity contribution in [3.63, 3.8) is 0 Å². The van der Waals surface area contributed by atoms with Crippen LogP contribution in [-0.2, 0) is 0 Å². The van der Waals surface area contributed by atoms with Gasteiger partial charge in [-0.2, -0.15) is 0 Å². The highest BCUT2D eigenvalue weighted by atomic mass is 19.3. The van der Waals surface area contributed by atoms with Crippen molar-refractivity contribution in [2.45, 2.75) is 71.6 Å². The number of pyridine rings is 1. The number of alkyl halides is 2. The van der Waals surface area contributed by atoms with Gasteiger partial charge in [-0.05, 0) is 55.9 Å². The third-order valence-corrected chi connectivity index (χ3v) is 6.36. The summed E-state index contributed by atoms with van der Waals surface area (Å²) in [6.45, 7) is 4.74. The zero-order chi connectivity index (χ0) is 22.9. The van der Waals surface area contributed by atoms with Crippen LogP contribution < -0.4 is 9.47 Å². The molecule has 1 aromatic heterocycles. The van der Waals surface area contributed by atoms with Gasteiger partial charge in [-0.15, -0.1) is 0 Å². The lowest BCUT2D eigenvalue weighted by molar-refractivity contribution is 0.145. The van der Waals surface area contributed by atoms with E-state index < -0.39 is 17.8 Å². The molecule has 1 fully saturated rings. The Morgan fingerprint density at radius 1 is 0.969 bits per heavy atom. The van der Waals surface area contributed by atoms with Gasteiger partial charge in [0.05, 0.1) is 30.7 Å². The molecule has 0 bridgehead atoms. The molecular weight excluding hydrogens is 415 g/mol. The molecular formula is C26H34F3NO2. The maximum absolute atomic E-state index is 14.5. The minimum Gasteiger partial charge on any atom is -0.492 e. The topological polar surface area (TPSA) is 31.4 Å². The molecule has 1 aliphatic rings. The summed E-state index contributed by atoms with van der Waals surface area (Å²) in [6.07, 6.45) is 8.72. The molecule has 6 heteroatoms. The monoisotopic (exact) mass is 449 g/mol. The smallest absolute Gasteiger partial charge is 0.267 e. The number of benzene rings is 1. The summed E-state index contributed by atoms with van der Waals surface area (Å²) in [5, 5.41) is 0. The van der Waals surface area contributed by atoms with Crippen LogP contribution >= 0.6 is 0 Å². The van der Waals surface area contributed by atoms with E-state index in [0.717, 1.165) is 18.3 Å². The summed E-state index contributed by atoms with van der Waals surface area (Å²) < 4.78 is 52.5. The minimum absolute atomic E-state index is 0.0613. The molecule has 176 valence electrons. The van der Waals surface area contributed by atoms with Crippen LogP contribution in [0.5, 0.6) is 11.5 Å². The fraction of sp³-hybridized carbons (Fsp3) is 0.577. The number of ether oxygens (including phenoxy) is 2. The molecule has 3 rings (SSSR count). The Bertz CT molecular complexity index is 834. The minimum atomic E-state index is -2.97. The van der Waals surface area contributed by atoms with E-state index >= 15 is 0 Å². The van der Waals surface area contributed by atoms with E-state index in [-0.39, 0.29) is 23.6 Å². The summed E-state index contributed by atoms with van der Waals surface area (Å²) in [5.74, 6) is 1.10. The fourth-order valence-electron chi connectivity index (χ4n) is 4.68. The van der Waals surface area contributed by atoms with Crippen molar-refractivity contribution in [1.82, 2.24) is 4.98 Å². The van der Waals surface area contributed by atoms with E-state index in [9.17, 15) is 13.2 Å². The van der Waals surface area contributed by atoms with Gasteiger partial charge in [0.1, 0.15) is 5.75 Å². The molecule has 32 heavy (non-hydrogen) atoms. The van der Waals surface area contributed by atoms with Crippen molar-refractivity contribution in [1.29, 1.82) is 0 Å². The molecule has 1 heterocycles. The number of nitrogens with zero attached hydrogens (tertiary/aromatic N) is 1. The molecule has 2 aromatic rings. The summed E-state index contributed by atoms with van der Waals surface area (Å²) in [6, 6.07) is 6.07. The van der Waals surface area contributed by atoms with Crippen molar-refractivity contribution < 1.29 is 22.6 Å². The largest absolute Gasteiger partial charge is 0.492 e. The van der Waals surface area contributed by atoms with E-state index in [4.69, 9.17) is 9.47 Å². The molecule has 0 radical (unpaired) electrons. The highest BCUT2D eigenvalue weighted by Crippen LogP contribution is 2.37. The second-order valence-electron chi connectivity index (χ2n) is 8.62. The fourth-order valence-corrected chi connectivity index (χ4v) is 4.68. The van der Waals surface area contributed by atoms with Gasteiger partial charge in [-0.25, -0.2) is 13.2 Å². The van der Waals surface area contributed by atoms with E-state index in [2.05, 4.69) is 11.9 Å². The molecule has 0 unspecified atom stereocenters. The van der Waals surface area contributed by atoms with Gasteiger partial charge >= 0.3 is 0 Å². The van der Waals surface area contributed by atoms with Crippen LogP contribution in [0.25, 0.3) is 11.3 Å². The van der Waals surface area contributed by atoms with Crippen molar-refractivity contribution in [2.75, 3.05) is 13.2 Å². The lowest BCUT2D eigenvalue weighted by atomic mass is 9.78. The van der Waals surface area contributed by atoms with Crippen molar-refractivity contribution in [3.05, 3.63) is 41.8 Å². The number of rotatable bonds is 11. The third kappa shape index (κ3) is 6.39. The van der Waals surface area contributed by atoms with E-state index in [1.54, 1.807) is 19.1 Å². The van der Waals surface area contributed by atoms with Gasteiger partial charge in [0.2, 0.25) is 0 Å². The number of aromatic nitrogens is 1. The quantitative estimate of drug-likeness (QED) is 0.326. The maximum Gasteiger partial charge on any atom is 0.267 e. The van der Waals surface area contributed by atoms with Gasteiger partial charge in [-0.3, -0.25) is 4.98 Å². The first-order valence-electron chi connectivity index (χ1n) is 11.9. The van der Waals surface area contributed by atoms with Crippen LogP contribution in [0.15, 0.2) is 30.5 Å². The van der Waals surface area contributed by atoms with Crippen molar-refractivity contribution in [2.24, 2.45) is 11.8 Å². The lowest BCUT2D eigenvalue weighted by Gasteiger charge is -2.28. The van der Waals surface area contributed by atoms with E-state index in [1.807, 2.05) is 0 Å². The molecule has 1 saturated carbocycles. The highest BCUT2D eigenvalue weighted by Gasteiger charge is 2.24. The van der Waals surface area contributed by atoms with Crippen LogP contribution in [0, 0.1) is 17.7 Å². The second-order valence-corrected chi connectivity index (χ2v) is 8.62. The van der Waals surface area contributed by atoms with Crippen LogP contribution in [0.1, 0.15) is 77.2 Å². The number of halogens is 3. The standard InChI is InChI=1S/C26H34F3NO2/c1-3-6-18-8-10-19(11-9-18)7-5-16-32-20-12-14-22(30-17-20)21-13-15-23(31-4-2)25(27)24(21)26(28)29/h12-15,17-19,26H,3-11,16H2,1-2H3. The maximum atomic E-state index is 14.5. The zero-order valence-corrected chi connectivity index (χ0v) is 19.1. The first-order valence-corrected chi connectivity index (χ1v) is 11.9. The molecule has 0 N–H and O–H groups in total. The predicted molar refractivity (Wildman–Crippen MR) is 121 cm³/mol. The second kappa shape index (κ2) is 12.1. The Balaban J connectivity index is 1.53. The van der Waals surface area contributed by atoms with Crippen molar-refractivity contribution >= 4 is 0 Å². The van der Waals surface area contributed by atoms with E-state index in [0.29, 0.717) is 12.4 Å². The Morgan fingerprint density at radius 3 is 2.28 bits per heavy atom. The van der Waals surface area contributed by atoms with Crippen LogP contribution in [-0.4, -0.2) is 18.2 Å². The Labute approximate surface area is 189 Å². The average Bonchev–Trinajstić information content (AvgIpc) is 2.79. The molecule has 1 aliphatic carbocycles. The van der Waals surface area contributed by atoms with Crippen LogP contribution in [0.2, 0.25) is 0 Å². The molecule has 0 aliphatic heterocycles. The molecule has 1 aromatic carbocycles. The predicted octanol–water partition coefficient (Wildman–Crippen LogP) is 7.99. The molecule has 0 saturated heterocycles. The normalized spacial score (nSPS) is 18.7. The Kier molecular flexibility index (Phi) is 9.24. The summed E-state index contributed by atoms with van der Waals surface area (Å²) in [4.78, 5) is 4.24. The molecule has 0 amide bonds. The SMILES string of the molecule is CCCC1CCC(CCCOc2ccc(-c3ccc(OCC)c(F)c3C(F)F)nc2)CC1. The van der Waals surface area contributed by atoms with Crippen LogP contribution in [0.4, 0.5) is 13.2 Å². The van der Waals surface area contributed by atoms with Gasteiger partial charge in [0, 0.05) is 5.56 Å². The third-order valence-electron chi connectivity index (χ3n) is 6.36. The van der Waals surface area contributed by atoms with Gasteiger partial charge in [0.15, 0.2) is 11.6 Å².